The van der Waals surface area contributed by atoms with E-state index < -0.39 is 0 Å². The lowest BCUT2D eigenvalue weighted by Crippen LogP contribution is -2.14. The normalized spacial score (nSPS) is 10.4. The number of ether oxygens (including phenoxy) is 3. The number of amides is 1. The second-order valence-corrected chi connectivity index (χ2v) is 5.66. The smallest absolute Gasteiger partial charge is 0.278 e. The van der Waals surface area contributed by atoms with Crippen LogP contribution in [-0.2, 0) is 0 Å². The number of carbonyl (C=O) groups is 1. The van der Waals surface area contributed by atoms with Crippen LogP contribution >= 0.6 is 0 Å². The van der Waals surface area contributed by atoms with E-state index in [9.17, 15) is 4.79 Å². The van der Waals surface area contributed by atoms with Crippen molar-refractivity contribution < 1.29 is 19.0 Å². The van der Waals surface area contributed by atoms with E-state index in [1.807, 2.05) is 24.3 Å². The molecule has 3 rings (SSSR count). The highest BCUT2D eigenvalue weighted by Gasteiger charge is 2.18. The summed E-state index contributed by atoms with van der Waals surface area (Å²) < 4.78 is 17.3. The maximum atomic E-state index is 12.6. The largest absolute Gasteiger partial charge is 0.497 e. The maximum Gasteiger partial charge on any atom is 0.278 e. The fraction of sp³-hybridized carbons (Fsp3) is 0.211. The molecule has 0 aliphatic carbocycles. The molecule has 0 aliphatic heterocycles. The molecule has 1 N–H and O–H groups in total. The van der Waals surface area contributed by atoms with Gasteiger partial charge in [0.1, 0.15) is 5.75 Å². The summed E-state index contributed by atoms with van der Waals surface area (Å²) in [5.74, 6) is 1.43. The first-order valence-corrected chi connectivity index (χ1v) is 8.17. The Morgan fingerprint density at radius 3 is 2.48 bits per heavy atom. The molecule has 8 nitrogen and oxygen atoms in total. The van der Waals surface area contributed by atoms with E-state index in [1.165, 1.54) is 7.11 Å². The molecule has 0 saturated heterocycles. The number of benzene rings is 2. The Balaban J connectivity index is 1.85. The molecule has 0 bridgehead atoms. The van der Waals surface area contributed by atoms with Crippen LogP contribution in [0.25, 0.3) is 5.69 Å². The number of anilines is 1. The molecule has 1 amide bonds. The van der Waals surface area contributed by atoms with Gasteiger partial charge in [0, 0.05) is 17.8 Å². The third kappa shape index (κ3) is 3.69. The number of carbonyl (C=O) groups excluding carboxylic acids is 1. The standard InChI is InChI=1S/C19H20N4O4/c1-12-18(21-22-23(12)14-6-5-7-15(11-14)25-2)19(24)20-13-8-9-16(26-3)17(10-13)27-4/h5-11H,1-4H3,(H,20,24). The van der Waals surface area contributed by atoms with Gasteiger partial charge >= 0.3 is 0 Å². The summed E-state index contributed by atoms with van der Waals surface area (Å²) in [4.78, 5) is 12.6. The maximum absolute atomic E-state index is 12.6. The number of hydrogen-bond acceptors (Lipinski definition) is 6. The Hall–Kier alpha value is -3.55. The van der Waals surface area contributed by atoms with Gasteiger partial charge < -0.3 is 19.5 Å². The molecule has 140 valence electrons. The van der Waals surface area contributed by atoms with Crippen molar-refractivity contribution in [3.63, 3.8) is 0 Å². The number of aromatic nitrogens is 3. The summed E-state index contributed by atoms with van der Waals surface area (Å²) in [6, 6.07) is 12.5. The topological polar surface area (TPSA) is 87.5 Å². The van der Waals surface area contributed by atoms with Crippen molar-refractivity contribution in [3.8, 4) is 22.9 Å². The molecule has 0 saturated carbocycles. The second kappa shape index (κ2) is 7.77. The minimum atomic E-state index is -0.367. The number of nitrogens with zero attached hydrogens (tertiary/aromatic N) is 3. The van der Waals surface area contributed by atoms with Crippen LogP contribution in [0.1, 0.15) is 16.2 Å². The van der Waals surface area contributed by atoms with Crippen molar-refractivity contribution >= 4 is 11.6 Å². The Labute approximate surface area is 156 Å². The van der Waals surface area contributed by atoms with Crippen LogP contribution in [0.3, 0.4) is 0 Å². The average Bonchev–Trinajstić information content (AvgIpc) is 3.09. The summed E-state index contributed by atoms with van der Waals surface area (Å²) >= 11 is 0. The highest BCUT2D eigenvalue weighted by molar-refractivity contribution is 6.03. The summed E-state index contributed by atoms with van der Waals surface area (Å²) in [6.07, 6.45) is 0. The second-order valence-electron chi connectivity index (χ2n) is 5.66. The van der Waals surface area contributed by atoms with Gasteiger partial charge in [0.2, 0.25) is 0 Å². The molecule has 0 spiro atoms. The van der Waals surface area contributed by atoms with Crippen LogP contribution in [-0.4, -0.2) is 42.2 Å². The van der Waals surface area contributed by atoms with Crippen LogP contribution in [0.2, 0.25) is 0 Å². The molecular formula is C19H20N4O4. The molecule has 0 fully saturated rings. The van der Waals surface area contributed by atoms with E-state index in [0.717, 1.165) is 5.69 Å². The van der Waals surface area contributed by atoms with Gasteiger partial charge in [0.15, 0.2) is 17.2 Å². The monoisotopic (exact) mass is 368 g/mol. The van der Waals surface area contributed by atoms with Crippen LogP contribution in [0.4, 0.5) is 5.69 Å². The Bertz CT molecular complexity index is 968. The number of rotatable bonds is 6. The number of hydrogen-bond donors (Lipinski definition) is 1. The summed E-state index contributed by atoms with van der Waals surface area (Å²) in [7, 11) is 4.68. The lowest BCUT2D eigenvalue weighted by atomic mass is 10.2. The van der Waals surface area contributed by atoms with Gasteiger partial charge in [-0.05, 0) is 31.2 Å². The summed E-state index contributed by atoms with van der Waals surface area (Å²) in [5.41, 5.74) is 2.16. The van der Waals surface area contributed by atoms with Gasteiger partial charge in [0.05, 0.1) is 32.7 Å². The summed E-state index contributed by atoms with van der Waals surface area (Å²) in [6.45, 7) is 1.78. The number of methoxy groups -OCH3 is 3. The van der Waals surface area contributed by atoms with E-state index in [2.05, 4.69) is 15.6 Å². The number of nitrogens with one attached hydrogen (secondary N) is 1. The van der Waals surface area contributed by atoms with E-state index in [-0.39, 0.29) is 11.6 Å². The van der Waals surface area contributed by atoms with Gasteiger partial charge in [-0.15, -0.1) is 5.10 Å². The predicted octanol–water partition coefficient (Wildman–Crippen LogP) is 2.85. The van der Waals surface area contributed by atoms with Crippen molar-refractivity contribution in [2.45, 2.75) is 6.92 Å². The first-order valence-electron chi connectivity index (χ1n) is 8.17. The lowest BCUT2D eigenvalue weighted by Gasteiger charge is -2.10. The molecule has 0 atom stereocenters. The van der Waals surface area contributed by atoms with Gasteiger partial charge in [-0.3, -0.25) is 4.79 Å². The molecule has 1 aromatic heterocycles. The zero-order valence-electron chi connectivity index (χ0n) is 15.5. The van der Waals surface area contributed by atoms with Gasteiger partial charge in [-0.1, -0.05) is 11.3 Å². The van der Waals surface area contributed by atoms with Crippen LogP contribution in [0.15, 0.2) is 42.5 Å². The minimum absolute atomic E-state index is 0.229. The molecule has 0 unspecified atom stereocenters. The first-order chi connectivity index (χ1) is 13.1. The third-order valence-corrected chi connectivity index (χ3v) is 4.05. The average molecular weight is 368 g/mol. The van der Waals surface area contributed by atoms with Crippen molar-refractivity contribution in [1.82, 2.24) is 15.0 Å². The van der Waals surface area contributed by atoms with Gasteiger partial charge in [-0.2, -0.15) is 0 Å². The zero-order valence-corrected chi connectivity index (χ0v) is 15.5. The van der Waals surface area contributed by atoms with E-state index in [0.29, 0.717) is 28.6 Å². The van der Waals surface area contributed by atoms with E-state index in [4.69, 9.17) is 14.2 Å². The van der Waals surface area contributed by atoms with Gasteiger partial charge in [0.25, 0.3) is 5.91 Å². The fourth-order valence-corrected chi connectivity index (χ4v) is 2.63. The molecule has 1 heterocycles. The molecular weight excluding hydrogens is 348 g/mol. The Morgan fingerprint density at radius 1 is 1.00 bits per heavy atom. The third-order valence-electron chi connectivity index (χ3n) is 4.05. The molecule has 8 heteroatoms. The fourth-order valence-electron chi connectivity index (χ4n) is 2.63. The van der Waals surface area contributed by atoms with E-state index >= 15 is 0 Å². The van der Waals surface area contributed by atoms with Crippen molar-refractivity contribution in [1.29, 1.82) is 0 Å². The molecule has 0 radical (unpaired) electrons. The van der Waals surface area contributed by atoms with E-state index in [1.54, 1.807) is 44.0 Å². The van der Waals surface area contributed by atoms with Crippen molar-refractivity contribution in [2.75, 3.05) is 26.6 Å². The van der Waals surface area contributed by atoms with Crippen LogP contribution in [0, 0.1) is 6.92 Å². The predicted molar refractivity (Wildman–Crippen MR) is 100 cm³/mol. The molecule has 2 aromatic carbocycles. The van der Waals surface area contributed by atoms with Crippen molar-refractivity contribution in [3.05, 3.63) is 53.9 Å². The molecule has 27 heavy (non-hydrogen) atoms. The minimum Gasteiger partial charge on any atom is -0.497 e. The van der Waals surface area contributed by atoms with Gasteiger partial charge in [-0.25, -0.2) is 4.68 Å². The highest BCUT2D eigenvalue weighted by atomic mass is 16.5. The van der Waals surface area contributed by atoms with Crippen LogP contribution in [0.5, 0.6) is 17.2 Å². The van der Waals surface area contributed by atoms with Crippen LogP contribution < -0.4 is 19.5 Å². The summed E-state index contributed by atoms with van der Waals surface area (Å²) in [5, 5.41) is 10.9. The lowest BCUT2D eigenvalue weighted by molar-refractivity contribution is 0.102. The zero-order chi connectivity index (χ0) is 19.4. The highest BCUT2D eigenvalue weighted by Crippen LogP contribution is 2.30. The van der Waals surface area contributed by atoms with Crippen molar-refractivity contribution in [2.24, 2.45) is 0 Å². The Kier molecular flexibility index (Phi) is 5.25. The quantitative estimate of drug-likeness (QED) is 0.720. The molecule has 0 aliphatic rings. The molecule has 3 aromatic rings. The first kappa shape index (κ1) is 18.2. The Morgan fingerprint density at radius 2 is 1.78 bits per heavy atom. The SMILES string of the molecule is COc1cccc(-n2nnc(C(=O)Nc3ccc(OC)c(OC)c3)c2C)c1.